The summed E-state index contributed by atoms with van der Waals surface area (Å²) in [5.41, 5.74) is 1.84. The van der Waals surface area contributed by atoms with Crippen LogP contribution >= 0.6 is 23.2 Å². The molecule has 0 aliphatic carbocycles. The first-order valence-electron chi connectivity index (χ1n) is 7.62. The molecule has 128 valence electrons. The molecule has 0 saturated carbocycles. The Hall–Kier alpha value is -1.46. The molecule has 0 N–H and O–H groups in total. The van der Waals surface area contributed by atoms with Gasteiger partial charge in [0, 0.05) is 10.0 Å². The second-order valence-electron chi connectivity index (χ2n) is 5.53. The Morgan fingerprint density at radius 1 is 0.875 bits per heavy atom. The lowest BCUT2D eigenvalue weighted by Gasteiger charge is -2.32. The van der Waals surface area contributed by atoms with Crippen molar-refractivity contribution in [3.05, 3.63) is 57.6 Å². The standard InChI is InChI=1S/C18H18Cl2O4/c1-11-10-14(4-5-15(11)20)23-17-18(22-8-7-21-17)24-16-6-3-13(19)9-12(16)2/h3-6,9-10,17-18H,7-8H2,1-2H3/t17-,18+/m1/s1. The van der Waals surface area contributed by atoms with Gasteiger partial charge in [0.15, 0.2) is 0 Å². The summed E-state index contributed by atoms with van der Waals surface area (Å²) in [5, 5.41) is 1.35. The van der Waals surface area contributed by atoms with Gasteiger partial charge in [0.1, 0.15) is 11.5 Å². The molecule has 3 rings (SSSR count). The zero-order valence-electron chi connectivity index (χ0n) is 13.4. The molecule has 0 bridgehead atoms. The van der Waals surface area contributed by atoms with Crippen molar-refractivity contribution >= 4 is 23.2 Å². The van der Waals surface area contributed by atoms with Crippen molar-refractivity contribution in [2.24, 2.45) is 0 Å². The second-order valence-corrected chi connectivity index (χ2v) is 6.38. The highest BCUT2D eigenvalue weighted by atomic mass is 35.5. The molecule has 2 atom stereocenters. The molecule has 1 fully saturated rings. The highest BCUT2D eigenvalue weighted by Crippen LogP contribution is 2.27. The van der Waals surface area contributed by atoms with E-state index in [0.29, 0.717) is 34.8 Å². The van der Waals surface area contributed by atoms with Gasteiger partial charge in [-0.1, -0.05) is 23.2 Å². The van der Waals surface area contributed by atoms with Crippen molar-refractivity contribution in [2.75, 3.05) is 13.2 Å². The average molecular weight is 369 g/mol. The van der Waals surface area contributed by atoms with Gasteiger partial charge >= 0.3 is 0 Å². The smallest absolute Gasteiger partial charge is 0.263 e. The van der Waals surface area contributed by atoms with E-state index in [9.17, 15) is 0 Å². The minimum Gasteiger partial charge on any atom is -0.458 e. The fraction of sp³-hybridized carbons (Fsp3) is 0.333. The van der Waals surface area contributed by atoms with Crippen molar-refractivity contribution in [1.82, 2.24) is 0 Å². The fourth-order valence-electron chi connectivity index (χ4n) is 2.36. The van der Waals surface area contributed by atoms with Crippen LogP contribution < -0.4 is 9.47 Å². The zero-order chi connectivity index (χ0) is 17.1. The van der Waals surface area contributed by atoms with Crippen molar-refractivity contribution in [2.45, 2.75) is 26.4 Å². The number of hydrogen-bond donors (Lipinski definition) is 0. The van der Waals surface area contributed by atoms with Crippen LogP contribution in [0.3, 0.4) is 0 Å². The number of aryl methyl sites for hydroxylation is 2. The molecule has 2 aromatic rings. The molecule has 2 aromatic carbocycles. The predicted molar refractivity (Wildman–Crippen MR) is 93.1 cm³/mol. The summed E-state index contributed by atoms with van der Waals surface area (Å²) in [6, 6.07) is 10.8. The number of ether oxygens (including phenoxy) is 4. The third-order valence-corrected chi connectivity index (χ3v) is 4.29. The average Bonchev–Trinajstić information content (AvgIpc) is 2.55. The molecule has 0 radical (unpaired) electrons. The van der Waals surface area contributed by atoms with Gasteiger partial charge in [0.25, 0.3) is 12.6 Å². The molecular weight excluding hydrogens is 351 g/mol. The van der Waals surface area contributed by atoms with E-state index in [2.05, 4.69) is 0 Å². The Balaban J connectivity index is 1.74. The molecule has 0 amide bonds. The Labute approximate surface area is 151 Å². The Morgan fingerprint density at radius 2 is 1.58 bits per heavy atom. The highest BCUT2D eigenvalue weighted by Gasteiger charge is 2.31. The van der Waals surface area contributed by atoms with Gasteiger partial charge in [-0.05, 0) is 61.4 Å². The Bertz CT molecular complexity index is 720. The number of halogens is 2. The first-order valence-corrected chi connectivity index (χ1v) is 8.37. The molecule has 1 heterocycles. The van der Waals surface area contributed by atoms with Crippen LogP contribution in [0.1, 0.15) is 11.1 Å². The van der Waals surface area contributed by atoms with Crippen molar-refractivity contribution in [1.29, 1.82) is 0 Å². The van der Waals surface area contributed by atoms with Gasteiger partial charge in [-0.15, -0.1) is 0 Å². The summed E-state index contributed by atoms with van der Waals surface area (Å²) in [7, 11) is 0. The van der Waals surface area contributed by atoms with Crippen molar-refractivity contribution in [3.63, 3.8) is 0 Å². The summed E-state index contributed by atoms with van der Waals surface area (Å²) < 4.78 is 23.1. The SMILES string of the molecule is Cc1cc(O[C@H]2OCCO[C@H]2Oc2ccc(Cl)cc2C)ccc1Cl. The largest absolute Gasteiger partial charge is 0.458 e. The number of rotatable bonds is 4. The molecule has 1 aliphatic rings. The highest BCUT2D eigenvalue weighted by molar-refractivity contribution is 6.31. The summed E-state index contributed by atoms with van der Waals surface area (Å²) >= 11 is 12.0. The van der Waals surface area contributed by atoms with E-state index in [0.717, 1.165) is 11.1 Å². The monoisotopic (exact) mass is 368 g/mol. The van der Waals surface area contributed by atoms with Gasteiger partial charge in [0.05, 0.1) is 13.2 Å². The maximum absolute atomic E-state index is 6.04. The maximum Gasteiger partial charge on any atom is 0.263 e. The van der Waals surface area contributed by atoms with Crippen LogP contribution in [0.2, 0.25) is 10.0 Å². The van der Waals surface area contributed by atoms with E-state index >= 15 is 0 Å². The lowest BCUT2D eigenvalue weighted by Crippen LogP contribution is -2.45. The molecule has 1 saturated heterocycles. The molecule has 1 aliphatic heterocycles. The maximum atomic E-state index is 6.04. The van der Waals surface area contributed by atoms with Gasteiger partial charge < -0.3 is 18.9 Å². The molecule has 0 spiro atoms. The zero-order valence-corrected chi connectivity index (χ0v) is 14.9. The summed E-state index contributed by atoms with van der Waals surface area (Å²) in [6.45, 7) is 4.72. The van der Waals surface area contributed by atoms with E-state index in [1.165, 1.54) is 0 Å². The summed E-state index contributed by atoms with van der Waals surface area (Å²) in [5.74, 6) is 1.32. The van der Waals surface area contributed by atoms with E-state index in [1.807, 2.05) is 26.0 Å². The molecule has 4 nitrogen and oxygen atoms in total. The van der Waals surface area contributed by atoms with E-state index in [-0.39, 0.29) is 0 Å². The first kappa shape index (κ1) is 17.4. The fourth-order valence-corrected chi connectivity index (χ4v) is 2.70. The predicted octanol–water partition coefficient (Wildman–Crippen LogP) is 4.77. The summed E-state index contributed by atoms with van der Waals surface area (Å²) in [6.07, 6.45) is -1.34. The normalized spacial score (nSPS) is 20.7. The van der Waals surface area contributed by atoms with E-state index in [4.69, 9.17) is 42.1 Å². The molecule has 0 aromatic heterocycles. The van der Waals surface area contributed by atoms with Gasteiger partial charge in [-0.3, -0.25) is 0 Å². The molecular formula is C18H18Cl2O4. The van der Waals surface area contributed by atoms with Crippen LogP contribution in [0.4, 0.5) is 0 Å². The Kier molecular flexibility index (Phi) is 5.51. The van der Waals surface area contributed by atoms with E-state index < -0.39 is 12.6 Å². The van der Waals surface area contributed by atoms with Gasteiger partial charge in [-0.25, -0.2) is 0 Å². The number of benzene rings is 2. The van der Waals surface area contributed by atoms with Crippen LogP contribution in [0.5, 0.6) is 11.5 Å². The van der Waals surface area contributed by atoms with Crippen LogP contribution in [0, 0.1) is 13.8 Å². The van der Waals surface area contributed by atoms with Gasteiger partial charge in [-0.2, -0.15) is 0 Å². The third-order valence-electron chi connectivity index (χ3n) is 3.63. The number of hydrogen-bond acceptors (Lipinski definition) is 4. The lowest BCUT2D eigenvalue weighted by molar-refractivity contribution is -0.271. The Morgan fingerprint density at radius 3 is 2.25 bits per heavy atom. The lowest BCUT2D eigenvalue weighted by atomic mass is 10.2. The molecule has 6 heteroatoms. The molecule has 24 heavy (non-hydrogen) atoms. The van der Waals surface area contributed by atoms with Crippen LogP contribution in [0.15, 0.2) is 36.4 Å². The summed E-state index contributed by atoms with van der Waals surface area (Å²) in [4.78, 5) is 0. The van der Waals surface area contributed by atoms with Crippen molar-refractivity contribution < 1.29 is 18.9 Å². The third kappa shape index (κ3) is 4.14. The first-order chi connectivity index (χ1) is 11.5. The van der Waals surface area contributed by atoms with Crippen LogP contribution in [-0.4, -0.2) is 25.8 Å². The van der Waals surface area contributed by atoms with Crippen LogP contribution in [-0.2, 0) is 9.47 Å². The van der Waals surface area contributed by atoms with E-state index in [1.54, 1.807) is 24.3 Å². The minimum atomic E-state index is -0.672. The van der Waals surface area contributed by atoms with Crippen LogP contribution in [0.25, 0.3) is 0 Å². The quantitative estimate of drug-likeness (QED) is 0.778. The second kappa shape index (κ2) is 7.62. The van der Waals surface area contributed by atoms with Gasteiger partial charge in [0.2, 0.25) is 0 Å². The van der Waals surface area contributed by atoms with Crippen molar-refractivity contribution in [3.8, 4) is 11.5 Å². The topological polar surface area (TPSA) is 36.9 Å². The molecule has 0 unspecified atom stereocenters. The minimum absolute atomic E-state index is 0.441.